The van der Waals surface area contributed by atoms with E-state index in [1.54, 1.807) is 26.1 Å². The molecule has 2 heterocycles. The third-order valence-electron chi connectivity index (χ3n) is 2.55. The van der Waals surface area contributed by atoms with E-state index >= 15 is 0 Å². The summed E-state index contributed by atoms with van der Waals surface area (Å²) >= 11 is 5.69. The van der Waals surface area contributed by atoms with Gasteiger partial charge in [0, 0.05) is 18.0 Å². The molecule has 2 aromatic rings. The highest BCUT2D eigenvalue weighted by Crippen LogP contribution is 2.30. The fourth-order valence-electron chi connectivity index (χ4n) is 1.81. The Bertz CT molecular complexity index is 608. The van der Waals surface area contributed by atoms with Gasteiger partial charge in [-0.2, -0.15) is 5.10 Å². The van der Waals surface area contributed by atoms with Crippen molar-refractivity contribution in [1.29, 1.82) is 0 Å². The molecular weight excluding hydrogens is 288 g/mol. The van der Waals surface area contributed by atoms with Gasteiger partial charge in [0.05, 0.1) is 22.9 Å². The molecule has 20 heavy (non-hydrogen) atoms. The molecule has 0 aliphatic heterocycles. The Hall–Kier alpha value is -1.53. The lowest BCUT2D eigenvalue weighted by Crippen LogP contribution is -2.26. The maximum absolute atomic E-state index is 13.0. The Balaban J connectivity index is 2.37. The largest absolute Gasteiger partial charge is 0.389 e. The fraction of sp³-hybridized carbons (Fsp3) is 0.385. The van der Waals surface area contributed by atoms with E-state index in [0.717, 1.165) is 0 Å². The second-order valence-corrected chi connectivity index (χ2v) is 5.54. The number of hydrogen-bond donors (Lipinski definition) is 1. The van der Waals surface area contributed by atoms with Gasteiger partial charge in [-0.05, 0) is 26.0 Å². The van der Waals surface area contributed by atoms with Crippen LogP contribution in [-0.4, -0.2) is 25.5 Å². The fourth-order valence-corrected chi connectivity index (χ4v) is 1.97. The van der Waals surface area contributed by atoms with Crippen LogP contribution in [0.15, 0.2) is 24.5 Å². The first-order chi connectivity index (χ1) is 9.26. The topological polar surface area (TPSA) is 50.9 Å². The molecule has 0 amide bonds. The Kier molecular flexibility index (Phi) is 4.06. The van der Waals surface area contributed by atoms with E-state index < -0.39 is 12.0 Å². The zero-order valence-electron chi connectivity index (χ0n) is 11.0. The van der Waals surface area contributed by atoms with E-state index in [1.807, 2.05) is 0 Å². The molecule has 0 aliphatic carbocycles. The van der Waals surface area contributed by atoms with E-state index in [-0.39, 0.29) is 22.8 Å². The first kappa shape index (κ1) is 14.9. The molecule has 1 N–H and O–H groups in total. The zero-order valence-corrected chi connectivity index (χ0v) is 11.8. The highest BCUT2D eigenvalue weighted by molar-refractivity contribution is 6.30. The predicted molar refractivity (Wildman–Crippen MR) is 71.7 cm³/mol. The van der Waals surface area contributed by atoms with Crippen molar-refractivity contribution in [3.8, 4) is 11.4 Å². The minimum Gasteiger partial charge on any atom is -0.389 e. The van der Waals surface area contributed by atoms with Crippen molar-refractivity contribution < 1.29 is 13.9 Å². The minimum atomic E-state index is -2.68. The molecule has 0 radical (unpaired) electrons. The normalized spacial score (nSPS) is 12.2. The predicted octanol–water partition coefficient (Wildman–Crippen LogP) is 3.31. The SMILES string of the molecule is CC(C)(O)Cn1ccc(-c2ncc(Cl)cc2C(F)F)n1. The Morgan fingerprint density at radius 1 is 1.45 bits per heavy atom. The average Bonchev–Trinajstić information content (AvgIpc) is 2.74. The number of hydrogen-bond acceptors (Lipinski definition) is 3. The molecule has 0 bridgehead atoms. The van der Waals surface area contributed by atoms with E-state index in [2.05, 4.69) is 10.1 Å². The summed E-state index contributed by atoms with van der Waals surface area (Å²) in [5.74, 6) is 0. The van der Waals surface area contributed by atoms with Crippen molar-refractivity contribution in [2.24, 2.45) is 0 Å². The van der Waals surface area contributed by atoms with Gasteiger partial charge in [-0.3, -0.25) is 9.67 Å². The van der Waals surface area contributed by atoms with E-state index in [4.69, 9.17) is 11.6 Å². The molecule has 0 saturated carbocycles. The number of halogens is 3. The minimum absolute atomic E-state index is 0.0962. The summed E-state index contributed by atoms with van der Waals surface area (Å²) in [5.41, 5.74) is -0.784. The van der Waals surface area contributed by atoms with E-state index in [1.165, 1.54) is 16.9 Å². The number of pyridine rings is 1. The second-order valence-electron chi connectivity index (χ2n) is 5.10. The van der Waals surface area contributed by atoms with Crippen molar-refractivity contribution in [2.45, 2.75) is 32.4 Å². The molecule has 0 atom stereocenters. The van der Waals surface area contributed by atoms with E-state index in [9.17, 15) is 13.9 Å². The summed E-state index contributed by atoms with van der Waals surface area (Å²) in [6.45, 7) is 3.53. The van der Waals surface area contributed by atoms with Crippen LogP contribution >= 0.6 is 11.6 Å². The number of aliphatic hydroxyl groups is 1. The summed E-state index contributed by atoms with van der Waals surface area (Å²) in [6, 6.07) is 2.76. The first-order valence-electron chi connectivity index (χ1n) is 5.96. The molecule has 2 aromatic heterocycles. The summed E-state index contributed by atoms with van der Waals surface area (Å²) in [7, 11) is 0. The number of nitrogens with zero attached hydrogens (tertiary/aromatic N) is 3. The van der Waals surface area contributed by atoms with Crippen molar-refractivity contribution in [2.75, 3.05) is 0 Å². The van der Waals surface area contributed by atoms with Crippen LogP contribution < -0.4 is 0 Å². The molecule has 0 unspecified atom stereocenters. The average molecular weight is 302 g/mol. The Labute approximate surface area is 120 Å². The highest BCUT2D eigenvalue weighted by atomic mass is 35.5. The van der Waals surface area contributed by atoms with Crippen LogP contribution in [0.4, 0.5) is 8.78 Å². The number of aromatic nitrogens is 3. The van der Waals surface area contributed by atoms with Crippen molar-refractivity contribution in [3.05, 3.63) is 35.1 Å². The summed E-state index contributed by atoms with van der Waals surface area (Å²) in [5, 5.41) is 14.0. The number of alkyl halides is 2. The van der Waals surface area contributed by atoms with Gasteiger partial charge in [-0.1, -0.05) is 11.6 Å². The standard InChI is InChI=1S/C13H14ClF2N3O/c1-13(2,20)7-19-4-3-10(18-19)11-9(12(15)16)5-8(14)6-17-11/h3-6,12,20H,7H2,1-2H3. The van der Waals surface area contributed by atoms with Gasteiger partial charge in [-0.15, -0.1) is 0 Å². The maximum Gasteiger partial charge on any atom is 0.266 e. The lowest BCUT2D eigenvalue weighted by atomic mass is 10.1. The smallest absolute Gasteiger partial charge is 0.266 e. The first-order valence-corrected chi connectivity index (χ1v) is 6.34. The molecule has 4 nitrogen and oxygen atoms in total. The maximum atomic E-state index is 13.0. The second kappa shape index (κ2) is 5.46. The lowest BCUT2D eigenvalue weighted by Gasteiger charge is -2.16. The van der Waals surface area contributed by atoms with Crippen LogP contribution in [0.2, 0.25) is 5.02 Å². The van der Waals surface area contributed by atoms with Crippen molar-refractivity contribution >= 4 is 11.6 Å². The van der Waals surface area contributed by atoms with Gasteiger partial charge in [0.1, 0.15) is 5.69 Å². The summed E-state index contributed by atoms with van der Waals surface area (Å²) < 4.78 is 27.5. The van der Waals surface area contributed by atoms with Gasteiger partial charge >= 0.3 is 0 Å². The zero-order chi connectivity index (χ0) is 14.9. The monoisotopic (exact) mass is 301 g/mol. The van der Waals surface area contributed by atoms with Crippen LogP contribution in [-0.2, 0) is 6.54 Å². The van der Waals surface area contributed by atoms with Crippen LogP contribution in [0.5, 0.6) is 0 Å². The molecule has 0 aromatic carbocycles. The van der Waals surface area contributed by atoms with Crippen LogP contribution in [0.1, 0.15) is 25.8 Å². The highest BCUT2D eigenvalue weighted by Gasteiger charge is 2.19. The molecular formula is C13H14ClF2N3O. The Morgan fingerprint density at radius 2 is 2.15 bits per heavy atom. The van der Waals surface area contributed by atoms with Crippen LogP contribution in [0, 0.1) is 0 Å². The van der Waals surface area contributed by atoms with Gasteiger partial charge in [0.2, 0.25) is 0 Å². The van der Waals surface area contributed by atoms with Crippen molar-refractivity contribution in [1.82, 2.24) is 14.8 Å². The quantitative estimate of drug-likeness (QED) is 0.942. The Morgan fingerprint density at radius 3 is 2.75 bits per heavy atom. The third kappa shape index (κ3) is 3.52. The van der Waals surface area contributed by atoms with E-state index in [0.29, 0.717) is 5.69 Å². The molecule has 7 heteroatoms. The van der Waals surface area contributed by atoms with Gasteiger partial charge < -0.3 is 5.11 Å². The number of rotatable bonds is 4. The van der Waals surface area contributed by atoms with Gasteiger partial charge in [0.25, 0.3) is 6.43 Å². The lowest BCUT2D eigenvalue weighted by molar-refractivity contribution is 0.0578. The molecule has 0 fully saturated rings. The molecule has 2 rings (SSSR count). The van der Waals surface area contributed by atoms with Crippen LogP contribution in [0.25, 0.3) is 11.4 Å². The summed E-state index contributed by atoms with van der Waals surface area (Å²) in [4.78, 5) is 3.93. The molecule has 0 saturated heterocycles. The van der Waals surface area contributed by atoms with Gasteiger partial charge in [0.15, 0.2) is 0 Å². The molecule has 108 valence electrons. The third-order valence-corrected chi connectivity index (χ3v) is 2.76. The molecule has 0 aliphatic rings. The van der Waals surface area contributed by atoms with Crippen molar-refractivity contribution in [3.63, 3.8) is 0 Å². The van der Waals surface area contributed by atoms with Crippen LogP contribution in [0.3, 0.4) is 0 Å². The molecule has 0 spiro atoms. The van der Waals surface area contributed by atoms with Gasteiger partial charge in [-0.25, -0.2) is 8.78 Å². The summed E-state index contributed by atoms with van der Waals surface area (Å²) in [6.07, 6.45) is 0.229.